The van der Waals surface area contributed by atoms with Crippen LogP contribution in [0.4, 0.5) is 0 Å². The monoisotopic (exact) mass is 231 g/mol. The maximum atomic E-state index is 5.48. The number of nitrogens with one attached hydrogen (secondary N) is 1. The highest BCUT2D eigenvalue weighted by atomic mass is 16.6. The zero-order chi connectivity index (χ0) is 12.1. The first-order chi connectivity index (χ1) is 8.31. The molecule has 0 saturated heterocycles. The maximum Gasteiger partial charge on any atom is 0.121 e. The van der Waals surface area contributed by atoms with Gasteiger partial charge in [-0.15, -0.1) is 0 Å². The van der Waals surface area contributed by atoms with Crippen molar-refractivity contribution >= 4 is 0 Å². The van der Waals surface area contributed by atoms with E-state index in [1.54, 1.807) is 0 Å². The molecule has 2 heteroatoms. The Labute approximate surface area is 104 Å². The van der Waals surface area contributed by atoms with Gasteiger partial charge in [-0.25, -0.2) is 0 Å². The van der Waals surface area contributed by atoms with Crippen LogP contribution in [0.1, 0.15) is 33.2 Å². The van der Waals surface area contributed by atoms with Gasteiger partial charge in [-0.05, 0) is 31.9 Å². The molecule has 1 aromatic rings. The molecular formula is C15H21NO. The summed E-state index contributed by atoms with van der Waals surface area (Å²) >= 11 is 0. The molecule has 17 heavy (non-hydrogen) atoms. The molecule has 1 N–H and O–H groups in total. The van der Waals surface area contributed by atoms with Crippen LogP contribution in [0, 0.1) is 0 Å². The number of hydrogen-bond donors (Lipinski definition) is 1. The van der Waals surface area contributed by atoms with Crippen LogP contribution < -0.4 is 5.48 Å². The highest BCUT2D eigenvalue weighted by Gasteiger charge is 2.38. The van der Waals surface area contributed by atoms with Crippen molar-refractivity contribution in [3.05, 3.63) is 59.9 Å². The molecule has 0 aromatic heterocycles. The van der Waals surface area contributed by atoms with Crippen molar-refractivity contribution in [2.45, 2.75) is 32.2 Å². The smallest absolute Gasteiger partial charge is 0.121 e. The summed E-state index contributed by atoms with van der Waals surface area (Å²) in [6.45, 7) is 3.94. The molecule has 2 unspecified atom stereocenters. The van der Waals surface area contributed by atoms with Crippen molar-refractivity contribution in [2.75, 3.05) is 0 Å². The van der Waals surface area contributed by atoms with E-state index in [1.807, 2.05) is 32.1 Å². The predicted octanol–water partition coefficient (Wildman–Crippen LogP) is 3.79. The Hall–Kier alpha value is -1.54. The number of hydroxylamine groups is 1. The van der Waals surface area contributed by atoms with Gasteiger partial charge >= 0.3 is 0 Å². The molecule has 92 valence electrons. The Balaban J connectivity index is 0.00000162. The van der Waals surface area contributed by atoms with E-state index in [0.717, 1.165) is 12.2 Å². The minimum absolute atomic E-state index is 0. The summed E-state index contributed by atoms with van der Waals surface area (Å²) in [5.74, 6) is 1.49. The summed E-state index contributed by atoms with van der Waals surface area (Å²) < 4.78 is 0. The SMILES string of the molecule is C/C=C\C=C(/C)ONC1CC1c1ccccc1.[HH]. The van der Waals surface area contributed by atoms with Gasteiger partial charge in [-0.3, -0.25) is 0 Å². The molecule has 0 bridgehead atoms. The first-order valence-corrected chi connectivity index (χ1v) is 6.08. The Morgan fingerprint density at radius 2 is 2.18 bits per heavy atom. The van der Waals surface area contributed by atoms with Crippen LogP contribution in [0.15, 0.2) is 54.3 Å². The van der Waals surface area contributed by atoms with E-state index >= 15 is 0 Å². The molecule has 0 radical (unpaired) electrons. The largest absolute Gasteiger partial charge is 0.413 e. The van der Waals surface area contributed by atoms with Gasteiger partial charge < -0.3 is 4.84 Å². The van der Waals surface area contributed by atoms with Gasteiger partial charge in [0.1, 0.15) is 5.76 Å². The standard InChI is InChI=1S/C15H19NO.H2/c1-3-4-8-12(2)17-16-15-11-14(15)13-9-6-5-7-10-13;/h3-10,14-16H,11H2,1-2H3;1H/b4-3-,12-8+;. The minimum Gasteiger partial charge on any atom is -0.413 e. The van der Waals surface area contributed by atoms with Gasteiger partial charge in [-0.1, -0.05) is 42.5 Å². The summed E-state index contributed by atoms with van der Waals surface area (Å²) in [6, 6.07) is 11.0. The van der Waals surface area contributed by atoms with Gasteiger partial charge in [0, 0.05) is 7.34 Å². The fraction of sp³-hybridized carbons (Fsp3) is 0.333. The Morgan fingerprint density at radius 1 is 1.41 bits per heavy atom. The molecule has 1 aliphatic rings. The van der Waals surface area contributed by atoms with Crippen molar-refractivity contribution in [1.82, 2.24) is 5.48 Å². The fourth-order valence-electron chi connectivity index (χ4n) is 1.83. The molecule has 1 aliphatic carbocycles. The predicted molar refractivity (Wildman–Crippen MR) is 72.5 cm³/mol. The lowest BCUT2D eigenvalue weighted by molar-refractivity contribution is 0.0997. The first kappa shape index (κ1) is 11.9. The third kappa shape index (κ3) is 3.46. The second kappa shape index (κ2) is 5.69. The molecule has 2 nitrogen and oxygen atoms in total. The fourth-order valence-corrected chi connectivity index (χ4v) is 1.83. The molecule has 0 heterocycles. The van der Waals surface area contributed by atoms with Gasteiger partial charge in [0.25, 0.3) is 0 Å². The average molecular weight is 231 g/mol. The van der Waals surface area contributed by atoms with E-state index < -0.39 is 0 Å². The Bertz CT molecular complexity index is 414. The van der Waals surface area contributed by atoms with Crippen molar-refractivity contribution in [2.24, 2.45) is 0 Å². The third-order valence-electron chi connectivity index (χ3n) is 2.91. The van der Waals surface area contributed by atoms with Crippen LogP contribution in [0.25, 0.3) is 0 Å². The first-order valence-electron chi connectivity index (χ1n) is 6.08. The van der Waals surface area contributed by atoms with Gasteiger partial charge in [0.05, 0.1) is 6.04 Å². The zero-order valence-electron chi connectivity index (χ0n) is 10.4. The summed E-state index contributed by atoms with van der Waals surface area (Å²) in [7, 11) is 0. The summed E-state index contributed by atoms with van der Waals surface area (Å²) in [4.78, 5) is 5.48. The molecule has 1 fully saturated rings. The topological polar surface area (TPSA) is 21.3 Å². The molecular weight excluding hydrogens is 210 g/mol. The molecule has 2 rings (SSSR count). The van der Waals surface area contributed by atoms with E-state index in [9.17, 15) is 0 Å². The Morgan fingerprint density at radius 3 is 2.88 bits per heavy atom. The second-order valence-electron chi connectivity index (χ2n) is 4.38. The molecule has 0 amide bonds. The van der Waals surface area contributed by atoms with Crippen LogP contribution in [0.2, 0.25) is 0 Å². The molecule has 0 aliphatic heterocycles. The Kier molecular flexibility index (Phi) is 3.99. The number of rotatable bonds is 5. The van der Waals surface area contributed by atoms with Crippen LogP contribution in [-0.2, 0) is 4.84 Å². The van der Waals surface area contributed by atoms with Gasteiger partial charge in [0.2, 0.25) is 0 Å². The number of hydrogen-bond acceptors (Lipinski definition) is 2. The van der Waals surface area contributed by atoms with Gasteiger partial charge in [0.15, 0.2) is 0 Å². The second-order valence-corrected chi connectivity index (χ2v) is 4.38. The third-order valence-corrected chi connectivity index (χ3v) is 2.91. The molecule has 1 aromatic carbocycles. The lowest BCUT2D eigenvalue weighted by atomic mass is 10.1. The van der Waals surface area contributed by atoms with Crippen LogP contribution in [0.3, 0.4) is 0 Å². The van der Waals surface area contributed by atoms with Crippen LogP contribution in [-0.4, -0.2) is 6.04 Å². The summed E-state index contributed by atoms with van der Waals surface area (Å²) in [5, 5.41) is 0. The average Bonchev–Trinajstić information content (AvgIpc) is 3.14. The van der Waals surface area contributed by atoms with Crippen molar-refractivity contribution in [3.8, 4) is 0 Å². The highest BCUT2D eigenvalue weighted by Crippen LogP contribution is 2.40. The van der Waals surface area contributed by atoms with Crippen LogP contribution >= 0.6 is 0 Å². The lowest BCUT2D eigenvalue weighted by Gasteiger charge is -2.06. The normalized spacial score (nSPS) is 24.0. The van der Waals surface area contributed by atoms with Crippen molar-refractivity contribution < 1.29 is 6.26 Å². The number of benzene rings is 1. The van der Waals surface area contributed by atoms with Gasteiger partial charge in [-0.2, -0.15) is 5.48 Å². The van der Waals surface area contributed by atoms with E-state index in [2.05, 4.69) is 35.8 Å². The van der Waals surface area contributed by atoms with Crippen LogP contribution in [0.5, 0.6) is 0 Å². The minimum atomic E-state index is 0. The highest BCUT2D eigenvalue weighted by molar-refractivity contribution is 5.27. The van der Waals surface area contributed by atoms with Crippen molar-refractivity contribution in [3.63, 3.8) is 0 Å². The van der Waals surface area contributed by atoms with E-state index in [-0.39, 0.29) is 1.43 Å². The summed E-state index contributed by atoms with van der Waals surface area (Å²) in [6.07, 6.45) is 7.06. The van der Waals surface area contributed by atoms with Crippen molar-refractivity contribution in [1.29, 1.82) is 0 Å². The summed E-state index contributed by atoms with van der Waals surface area (Å²) in [5.41, 5.74) is 4.50. The quantitative estimate of drug-likeness (QED) is 0.473. The van der Waals surface area contributed by atoms with E-state index in [1.165, 1.54) is 5.56 Å². The van der Waals surface area contributed by atoms with E-state index in [4.69, 9.17) is 4.84 Å². The van der Waals surface area contributed by atoms with E-state index in [0.29, 0.717) is 12.0 Å². The molecule has 0 spiro atoms. The molecule has 1 saturated carbocycles. The maximum absolute atomic E-state index is 5.48. The number of allylic oxidation sites excluding steroid dienone is 4. The zero-order valence-corrected chi connectivity index (χ0v) is 10.4. The molecule has 2 atom stereocenters. The lowest BCUT2D eigenvalue weighted by Crippen LogP contribution is -2.17.